The van der Waals surface area contributed by atoms with Gasteiger partial charge in [-0.25, -0.2) is 0 Å². The lowest BCUT2D eigenvalue weighted by molar-refractivity contribution is -0.177. The standard InChI is InChI=1S/C14H31NO4/c1-11(12(16)10-15)19-13(2,3)8-6-7-9-18-14(4,5)17/h11-12,16-17H,6-10,15H2,1-5H3/t11-,12-/m0/s1. The molecule has 4 N–H and O–H groups in total. The van der Waals surface area contributed by atoms with E-state index in [1.807, 2.05) is 20.8 Å². The van der Waals surface area contributed by atoms with E-state index in [4.69, 9.17) is 15.2 Å². The summed E-state index contributed by atoms with van der Waals surface area (Å²) in [5, 5.41) is 19.0. The van der Waals surface area contributed by atoms with Crippen LogP contribution in [0.5, 0.6) is 0 Å². The van der Waals surface area contributed by atoms with Crippen LogP contribution in [0.4, 0.5) is 0 Å². The molecule has 5 nitrogen and oxygen atoms in total. The molecule has 0 aliphatic carbocycles. The van der Waals surface area contributed by atoms with Crippen LogP contribution in [0.3, 0.4) is 0 Å². The SMILES string of the molecule is C[C@H](OC(C)(C)CCCCOC(C)(C)O)[C@@H](O)CN. The van der Waals surface area contributed by atoms with Gasteiger partial charge in [0.1, 0.15) is 0 Å². The molecule has 0 fully saturated rings. The van der Waals surface area contributed by atoms with E-state index in [-0.39, 0.29) is 18.2 Å². The molecule has 0 saturated carbocycles. The predicted molar refractivity (Wildman–Crippen MR) is 75.8 cm³/mol. The molecule has 0 bridgehead atoms. The lowest BCUT2D eigenvalue weighted by Gasteiger charge is -2.31. The number of aliphatic hydroxyl groups is 2. The molecule has 116 valence electrons. The second-order valence-electron chi connectivity index (χ2n) is 6.14. The molecule has 19 heavy (non-hydrogen) atoms. The zero-order valence-corrected chi connectivity index (χ0v) is 13.0. The maximum atomic E-state index is 9.59. The molecule has 0 saturated heterocycles. The molecule has 0 aromatic carbocycles. The summed E-state index contributed by atoms with van der Waals surface area (Å²) in [4.78, 5) is 0. The Hall–Kier alpha value is -0.200. The number of nitrogens with two attached hydrogens (primary N) is 1. The molecule has 5 heteroatoms. The summed E-state index contributed by atoms with van der Waals surface area (Å²) in [6, 6.07) is 0. The summed E-state index contributed by atoms with van der Waals surface area (Å²) >= 11 is 0. The Morgan fingerprint density at radius 2 is 1.74 bits per heavy atom. The molecule has 0 rings (SSSR count). The first-order valence-corrected chi connectivity index (χ1v) is 7.00. The molecule has 0 amide bonds. The first-order chi connectivity index (χ1) is 8.57. The Balaban J connectivity index is 3.85. The van der Waals surface area contributed by atoms with Crippen LogP contribution in [-0.2, 0) is 9.47 Å². The lowest BCUT2D eigenvalue weighted by atomic mass is 10.0. The average Bonchev–Trinajstić information content (AvgIpc) is 2.25. The topological polar surface area (TPSA) is 84.9 Å². The first kappa shape index (κ1) is 18.8. The third-order valence-electron chi connectivity index (χ3n) is 2.92. The van der Waals surface area contributed by atoms with Gasteiger partial charge < -0.3 is 25.4 Å². The van der Waals surface area contributed by atoms with Gasteiger partial charge in [0.2, 0.25) is 0 Å². The fourth-order valence-electron chi connectivity index (χ4n) is 1.81. The molecule has 0 unspecified atom stereocenters. The van der Waals surface area contributed by atoms with Crippen molar-refractivity contribution in [3.8, 4) is 0 Å². The Morgan fingerprint density at radius 1 is 1.16 bits per heavy atom. The smallest absolute Gasteiger partial charge is 0.159 e. The largest absolute Gasteiger partial charge is 0.389 e. The van der Waals surface area contributed by atoms with Gasteiger partial charge in [0, 0.05) is 13.2 Å². The number of ether oxygens (including phenoxy) is 2. The van der Waals surface area contributed by atoms with Gasteiger partial charge in [-0.1, -0.05) is 0 Å². The van der Waals surface area contributed by atoms with Gasteiger partial charge in [-0.2, -0.15) is 0 Å². The van der Waals surface area contributed by atoms with Crippen molar-refractivity contribution in [1.29, 1.82) is 0 Å². The van der Waals surface area contributed by atoms with Crippen LogP contribution in [0, 0.1) is 0 Å². The molecule has 0 aliphatic heterocycles. The second kappa shape index (κ2) is 8.17. The van der Waals surface area contributed by atoms with Gasteiger partial charge in [-0.05, 0) is 53.9 Å². The molecule has 0 aliphatic rings. The molecular formula is C14H31NO4. The quantitative estimate of drug-likeness (QED) is 0.415. The predicted octanol–water partition coefficient (Wildman–Crippen LogP) is 1.40. The molecule has 2 atom stereocenters. The number of aliphatic hydroxyl groups excluding tert-OH is 1. The number of unbranched alkanes of at least 4 members (excludes halogenated alkanes) is 1. The van der Waals surface area contributed by atoms with Crippen molar-refractivity contribution >= 4 is 0 Å². The molecule has 0 radical (unpaired) electrons. The summed E-state index contributed by atoms with van der Waals surface area (Å²) in [5.41, 5.74) is 5.10. The summed E-state index contributed by atoms with van der Waals surface area (Å²) in [7, 11) is 0. The van der Waals surface area contributed by atoms with E-state index in [1.54, 1.807) is 13.8 Å². The minimum absolute atomic E-state index is 0.205. The summed E-state index contributed by atoms with van der Waals surface area (Å²) in [6.45, 7) is 9.81. The van der Waals surface area contributed by atoms with E-state index in [1.165, 1.54) is 0 Å². The Bertz CT molecular complexity index is 238. The van der Waals surface area contributed by atoms with E-state index in [0.29, 0.717) is 6.61 Å². The van der Waals surface area contributed by atoms with Crippen LogP contribution in [-0.4, -0.2) is 47.0 Å². The molecule has 0 aromatic rings. The highest BCUT2D eigenvalue weighted by atomic mass is 16.6. The Kier molecular flexibility index (Phi) is 8.08. The number of hydrogen-bond donors (Lipinski definition) is 3. The van der Waals surface area contributed by atoms with Gasteiger partial charge >= 0.3 is 0 Å². The van der Waals surface area contributed by atoms with Crippen molar-refractivity contribution in [2.45, 2.75) is 77.5 Å². The normalized spacial score (nSPS) is 16.4. The second-order valence-corrected chi connectivity index (χ2v) is 6.14. The van der Waals surface area contributed by atoms with Crippen molar-refractivity contribution < 1.29 is 19.7 Å². The third kappa shape index (κ3) is 10.3. The van der Waals surface area contributed by atoms with Gasteiger partial charge in [0.05, 0.1) is 17.8 Å². The van der Waals surface area contributed by atoms with Gasteiger partial charge in [0.25, 0.3) is 0 Å². The Labute approximate surface area is 117 Å². The van der Waals surface area contributed by atoms with E-state index in [2.05, 4.69) is 0 Å². The minimum Gasteiger partial charge on any atom is -0.389 e. The summed E-state index contributed by atoms with van der Waals surface area (Å²) in [5.74, 6) is -1.06. The van der Waals surface area contributed by atoms with Gasteiger partial charge in [-0.15, -0.1) is 0 Å². The fourth-order valence-corrected chi connectivity index (χ4v) is 1.81. The summed E-state index contributed by atoms with van der Waals surface area (Å²) < 4.78 is 11.1. The van der Waals surface area contributed by atoms with Gasteiger partial charge in [0.15, 0.2) is 5.79 Å². The highest BCUT2D eigenvalue weighted by molar-refractivity contribution is 4.74. The van der Waals surface area contributed by atoms with E-state index in [0.717, 1.165) is 19.3 Å². The molecular weight excluding hydrogens is 246 g/mol. The van der Waals surface area contributed by atoms with Crippen molar-refractivity contribution in [1.82, 2.24) is 0 Å². The van der Waals surface area contributed by atoms with E-state index < -0.39 is 11.9 Å². The highest BCUT2D eigenvalue weighted by Crippen LogP contribution is 2.21. The van der Waals surface area contributed by atoms with E-state index in [9.17, 15) is 10.2 Å². The van der Waals surface area contributed by atoms with E-state index >= 15 is 0 Å². The van der Waals surface area contributed by atoms with Crippen LogP contribution in [0.15, 0.2) is 0 Å². The lowest BCUT2D eigenvalue weighted by Crippen LogP contribution is -2.39. The molecule has 0 spiro atoms. The van der Waals surface area contributed by atoms with Crippen LogP contribution >= 0.6 is 0 Å². The third-order valence-corrected chi connectivity index (χ3v) is 2.92. The fraction of sp³-hybridized carbons (Fsp3) is 1.00. The van der Waals surface area contributed by atoms with Gasteiger partial charge in [-0.3, -0.25) is 0 Å². The summed E-state index contributed by atoms with van der Waals surface area (Å²) in [6.07, 6.45) is 1.77. The zero-order chi connectivity index (χ0) is 15.1. The number of hydrogen-bond acceptors (Lipinski definition) is 5. The van der Waals surface area contributed by atoms with Crippen molar-refractivity contribution in [2.24, 2.45) is 5.73 Å². The van der Waals surface area contributed by atoms with Crippen LogP contribution < -0.4 is 5.73 Å². The van der Waals surface area contributed by atoms with Crippen LogP contribution in [0.25, 0.3) is 0 Å². The monoisotopic (exact) mass is 277 g/mol. The number of rotatable bonds is 10. The molecule has 0 heterocycles. The zero-order valence-electron chi connectivity index (χ0n) is 13.0. The van der Waals surface area contributed by atoms with Crippen molar-refractivity contribution in [3.05, 3.63) is 0 Å². The maximum absolute atomic E-state index is 9.59. The maximum Gasteiger partial charge on any atom is 0.159 e. The molecule has 0 aromatic heterocycles. The first-order valence-electron chi connectivity index (χ1n) is 7.00. The highest BCUT2D eigenvalue weighted by Gasteiger charge is 2.24. The van der Waals surface area contributed by atoms with Crippen LogP contribution in [0.2, 0.25) is 0 Å². The van der Waals surface area contributed by atoms with Crippen molar-refractivity contribution in [2.75, 3.05) is 13.2 Å². The Morgan fingerprint density at radius 3 is 2.21 bits per heavy atom. The minimum atomic E-state index is -1.06. The van der Waals surface area contributed by atoms with Crippen molar-refractivity contribution in [3.63, 3.8) is 0 Å². The average molecular weight is 277 g/mol. The van der Waals surface area contributed by atoms with Crippen LogP contribution in [0.1, 0.15) is 53.9 Å².